The molecular formula is C16H18F3NO3. The molecule has 2 rings (SSSR count). The van der Waals surface area contributed by atoms with Crippen LogP contribution >= 0.6 is 0 Å². The predicted molar refractivity (Wildman–Crippen MR) is 77.3 cm³/mol. The van der Waals surface area contributed by atoms with Gasteiger partial charge in [0.05, 0.1) is 0 Å². The van der Waals surface area contributed by atoms with Crippen molar-refractivity contribution in [1.29, 1.82) is 0 Å². The van der Waals surface area contributed by atoms with Crippen LogP contribution in [0.25, 0.3) is 0 Å². The summed E-state index contributed by atoms with van der Waals surface area (Å²) in [5, 5.41) is 9.06. The summed E-state index contributed by atoms with van der Waals surface area (Å²) >= 11 is 0. The fourth-order valence-electron chi connectivity index (χ4n) is 3.19. The van der Waals surface area contributed by atoms with E-state index in [2.05, 4.69) is 0 Å². The molecule has 1 aliphatic heterocycles. The van der Waals surface area contributed by atoms with Crippen LogP contribution in [0.4, 0.5) is 13.2 Å². The van der Waals surface area contributed by atoms with Gasteiger partial charge in [0.1, 0.15) is 0 Å². The Hall–Kier alpha value is -2.05. The maximum atomic E-state index is 13.2. The average molecular weight is 329 g/mol. The molecule has 1 unspecified atom stereocenters. The lowest BCUT2D eigenvalue weighted by molar-refractivity contribution is -0.227. The standard InChI is InChI=1S/C16H18F3NO3/c1-9-6-10(2)12(11(3)7-9)13(21)20-5-4-15(8-20,14(22)23)16(17,18)19/h6-7H,4-5,8H2,1-3H3,(H,22,23). The molecule has 1 aromatic carbocycles. The Bertz CT molecular complexity index is 646. The van der Waals surface area contributed by atoms with Crippen LogP contribution in [0.15, 0.2) is 12.1 Å². The number of hydrogen-bond acceptors (Lipinski definition) is 2. The minimum Gasteiger partial charge on any atom is -0.481 e. The lowest BCUT2D eigenvalue weighted by Gasteiger charge is -2.27. The number of carboxylic acid groups (broad SMARTS) is 1. The van der Waals surface area contributed by atoms with E-state index in [1.54, 1.807) is 26.0 Å². The number of carboxylic acids is 1. The molecule has 1 amide bonds. The van der Waals surface area contributed by atoms with E-state index in [1.807, 2.05) is 6.92 Å². The molecule has 126 valence electrons. The smallest absolute Gasteiger partial charge is 0.406 e. The molecule has 0 radical (unpaired) electrons. The van der Waals surface area contributed by atoms with Crippen LogP contribution in [0.5, 0.6) is 0 Å². The minimum absolute atomic E-state index is 0.225. The summed E-state index contributed by atoms with van der Waals surface area (Å²) in [6, 6.07) is 3.56. The Morgan fingerprint density at radius 2 is 1.70 bits per heavy atom. The molecule has 1 heterocycles. The Morgan fingerprint density at radius 1 is 1.17 bits per heavy atom. The highest BCUT2D eigenvalue weighted by molar-refractivity contribution is 5.98. The number of aryl methyl sites for hydroxylation is 3. The number of alkyl halides is 3. The molecule has 0 spiro atoms. The fraction of sp³-hybridized carbons (Fsp3) is 0.500. The summed E-state index contributed by atoms with van der Waals surface area (Å²) in [7, 11) is 0. The number of benzene rings is 1. The molecule has 0 aromatic heterocycles. The predicted octanol–water partition coefficient (Wildman–Crippen LogP) is 3.09. The maximum absolute atomic E-state index is 13.2. The van der Waals surface area contributed by atoms with Crippen molar-refractivity contribution in [2.75, 3.05) is 13.1 Å². The summed E-state index contributed by atoms with van der Waals surface area (Å²) in [6.07, 6.45) is -5.52. The molecule has 0 bridgehead atoms. The number of nitrogens with zero attached hydrogens (tertiary/aromatic N) is 1. The molecule has 1 fully saturated rings. The van der Waals surface area contributed by atoms with Gasteiger partial charge in [-0.2, -0.15) is 13.2 Å². The van der Waals surface area contributed by atoms with Crippen molar-refractivity contribution >= 4 is 11.9 Å². The third kappa shape index (κ3) is 2.80. The number of halogens is 3. The van der Waals surface area contributed by atoms with Crippen LogP contribution < -0.4 is 0 Å². The van der Waals surface area contributed by atoms with E-state index in [9.17, 15) is 22.8 Å². The molecule has 4 nitrogen and oxygen atoms in total. The zero-order valence-corrected chi connectivity index (χ0v) is 13.1. The van der Waals surface area contributed by atoms with E-state index in [0.29, 0.717) is 16.7 Å². The van der Waals surface area contributed by atoms with Crippen molar-refractivity contribution in [1.82, 2.24) is 4.90 Å². The number of likely N-dealkylation sites (tertiary alicyclic amines) is 1. The lowest BCUT2D eigenvalue weighted by Crippen LogP contribution is -2.47. The van der Waals surface area contributed by atoms with Gasteiger partial charge in [0.15, 0.2) is 5.41 Å². The van der Waals surface area contributed by atoms with E-state index >= 15 is 0 Å². The Kier molecular flexibility index (Phi) is 4.17. The molecule has 0 saturated carbocycles. The number of aliphatic carboxylic acids is 1. The Morgan fingerprint density at radius 3 is 2.09 bits per heavy atom. The summed E-state index contributed by atoms with van der Waals surface area (Å²) < 4.78 is 39.6. The number of hydrogen-bond donors (Lipinski definition) is 1. The second kappa shape index (κ2) is 5.54. The molecule has 1 aromatic rings. The second-order valence-electron chi connectivity index (χ2n) is 6.14. The van der Waals surface area contributed by atoms with Gasteiger partial charge in [-0.3, -0.25) is 9.59 Å². The third-order valence-corrected chi connectivity index (χ3v) is 4.40. The Balaban J connectivity index is 2.36. The first-order valence-corrected chi connectivity index (χ1v) is 7.17. The van der Waals surface area contributed by atoms with Crippen molar-refractivity contribution in [3.63, 3.8) is 0 Å². The molecule has 23 heavy (non-hydrogen) atoms. The third-order valence-electron chi connectivity index (χ3n) is 4.40. The SMILES string of the molecule is Cc1cc(C)c(C(=O)N2CCC(C(=O)O)(C(F)(F)F)C2)c(C)c1. The molecule has 1 saturated heterocycles. The van der Waals surface area contributed by atoms with Crippen LogP contribution in [0.3, 0.4) is 0 Å². The quantitative estimate of drug-likeness (QED) is 0.907. The minimum atomic E-state index is -4.90. The van der Waals surface area contributed by atoms with E-state index < -0.39 is 36.4 Å². The molecule has 7 heteroatoms. The Labute approximate surface area is 131 Å². The monoisotopic (exact) mass is 329 g/mol. The number of carbonyl (C=O) groups is 2. The first kappa shape index (κ1) is 17.3. The molecule has 1 aliphatic rings. The molecule has 1 atom stereocenters. The van der Waals surface area contributed by atoms with Gasteiger partial charge < -0.3 is 10.0 Å². The maximum Gasteiger partial charge on any atom is 0.406 e. The zero-order valence-electron chi connectivity index (χ0n) is 13.1. The van der Waals surface area contributed by atoms with Crippen molar-refractivity contribution < 1.29 is 27.9 Å². The van der Waals surface area contributed by atoms with Crippen molar-refractivity contribution in [3.8, 4) is 0 Å². The van der Waals surface area contributed by atoms with Gasteiger partial charge >= 0.3 is 12.1 Å². The summed E-state index contributed by atoms with van der Waals surface area (Å²) in [5.74, 6) is -2.48. The molecular weight excluding hydrogens is 311 g/mol. The summed E-state index contributed by atoms with van der Waals surface area (Å²) in [6.45, 7) is 4.23. The van der Waals surface area contributed by atoms with Crippen LogP contribution in [-0.4, -0.2) is 41.1 Å². The lowest BCUT2D eigenvalue weighted by atomic mass is 9.86. The van der Waals surface area contributed by atoms with Crippen LogP contribution in [0.1, 0.15) is 33.5 Å². The van der Waals surface area contributed by atoms with Gasteiger partial charge in [-0.05, 0) is 38.3 Å². The topological polar surface area (TPSA) is 57.6 Å². The van der Waals surface area contributed by atoms with Crippen molar-refractivity contribution in [2.24, 2.45) is 5.41 Å². The summed E-state index contributed by atoms with van der Waals surface area (Å²) in [5.41, 5.74) is -0.235. The normalized spacial score (nSPS) is 21.6. The number of rotatable bonds is 2. The molecule has 0 aliphatic carbocycles. The number of amides is 1. The largest absolute Gasteiger partial charge is 0.481 e. The van der Waals surface area contributed by atoms with Gasteiger partial charge in [0.2, 0.25) is 0 Å². The van der Waals surface area contributed by atoms with Crippen LogP contribution in [0, 0.1) is 26.2 Å². The van der Waals surface area contributed by atoms with E-state index in [1.165, 1.54) is 0 Å². The van der Waals surface area contributed by atoms with E-state index in [4.69, 9.17) is 5.11 Å². The van der Waals surface area contributed by atoms with Gasteiger partial charge in [-0.15, -0.1) is 0 Å². The first-order chi connectivity index (χ1) is 10.5. The van der Waals surface area contributed by atoms with E-state index in [0.717, 1.165) is 10.5 Å². The van der Waals surface area contributed by atoms with Crippen molar-refractivity contribution in [3.05, 3.63) is 34.4 Å². The van der Waals surface area contributed by atoms with Crippen LogP contribution in [-0.2, 0) is 4.79 Å². The van der Waals surface area contributed by atoms with Gasteiger partial charge in [-0.25, -0.2) is 0 Å². The highest BCUT2D eigenvalue weighted by Gasteiger charge is 2.64. The van der Waals surface area contributed by atoms with E-state index in [-0.39, 0.29) is 6.54 Å². The molecule has 1 N–H and O–H groups in total. The first-order valence-electron chi connectivity index (χ1n) is 7.17. The van der Waals surface area contributed by atoms with Gasteiger partial charge in [0, 0.05) is 18.7 Å². The van der Waals surface area contributed by atoms with Crippen molar-refractivity contribution in [2.45, 2.75) is 33.4 Å². The van der Waals surface area contributed by atoms with Gasteiger partial charge in [0.25, 0.3) is 5.91 Å². The number of carbonyl (C=O) groups excluding carboxylic acids is 1. The highest BCUT2D eigenvalue weighted by Crippen LogP contribution is 2.46. The highest BCUT2D eigenvalue weighted by atomic mass is 19.4. The second-order valence-corrected chi connectivity index (χ2v) is 6.14. The zero-order chi connectivity index (χ0) is 17.6. The van der Waals surface area contributed by atoms with Crippen LogP contribution in [0.2, 0.25) is 0 Å². The summed E-state index contributed by atoms with van der Waals surface area (Å²) in [4.78, 5) is 24.8. The fourth-order valence-corrected chi connectivity index (χ4v) is 3.19. The average Bonchev–Trinajstić information content (AvgIpc) is 2.82. The van der Waals surface area contributed by atoms with Gasteiger partial charge in [-0.1, -0.05) is 17.7 Å².